The van der Waals surface area contributed by atoms with Gasteiger partial charge in [-0.2, -0.15) is 4.57 Å². The van der Waals surface area contributed by atoms with Gasteiger partial charge in [-0.25, -0.2) is 9.07 Å². The van der Waals surface area contributed by atoms with Crippen molar-refractivity contribution in [3.63, 3.8) is 0 Å². The Balaban J connectivity index is 2.01. The number of carbonyl (C=O) groups excluding carboxylic acids is 2. The minimum atomic E-state index is -0.504. The molecule has 1 aliphatic heterocycles. The number of benzene rings is 1. The Labute approximate surface area is 184 Å². The Morgan fingerprint density at radius 1 is 1.00 bits per heavy atom. The number of nitrogens with zero attached hydrogens (tertiary/aromatic N) is 3. The van der Waals surface area contributed by atoms with Crippen LogP contribution in [0.2, 0.25) is 0 Å². The highest BCUT2D eigenvalue weighted by molar-refractivity contribution is 6.44. The van der Waals surface area contributed by atoms with Crippen LogP contribution >= 0.6 is 0 Å². The summed E-state index contributed by atoms with van der Waals surface area (Å²) in [6.45, 7) is 5.47. The Bertz CT molecular complexity index is 1270. The summed E-state index contributed by atoms with van der Waals surface area (Å²) in [4.78, 5) is 41.5. The van der Waals surface area contributed by atoms with Gasteiger partial charge in [-0.05, 0) is 44.5 Å². The lowest BCUT2D eigenvalue weighted by molar-refractivity contribution is -0.576. The van der Waals surface area contributed by atoms with Crippen LogP contribution in [0.3, 0.4) is 0 Å². The SMILES string of the molecule is CCCc1[nH]n(-c2ccc(F)cc2)c(=O)c1C1=C([n+]2ccccc2)C(=O)N(C(C)C)C1=O. The zero-order chi connectivity index (χ0) is 23.0. The molecule has 0 fully saturated rings. The fraction of sp³-hybridized carbons (Fsp3) is 0.250. The molecule has 1 aromatic carbocycles. The first-order chi connectivity index (χ1) is 15.3. The molecule has 0 bridgehead atoms. The number of aryl methyl sites for hydroxylation is 1. The average Bonchev–Trinajstić information content (AvgIpc) is 3.22. The minimum Gasteiger partial charge on any atom is -0.294 e. The van der Waals surface area contributed by atoms with Crippen molar-refractivity contribution in [2.24, 2.45) is 0 Å². The topological polar surface area (TPSA) is 79.1 Å². The van der Waals surface area contributed by atoms with Gasteiger partial charge in [-0.15, -0.1) is 0 Å². The van der Waals surface area contributed by atoms with E-state index in [9.17, 15) is 18.8 Å². The average molecular weight is 435 g/mol. The van der Waals surface area contributed by atoms with E-state index >= 15 is 0 Å². The third-order valence-electron chi connectivity index (χ3n) is 5.38. The second kappa shape index (κ2) is 8.37. The maximum atomic E-state index is 13.6. The van der Waals surface area contributed by atoms with Crippen LogP contribution in [0.1, 0.15) is 38.4 Å². The molecule has 164 valence electrons. The van der Waals surface area contributed by atoms with E-state index in [0.29, 0.717) is 24.2 Å². The molecular weight excluding hydrogens is 411 g/mol. The second-order valence-electron chi connectivity index (χ2n) is 7.91. The zero-order valence-electron chi connectivity index (χ0n) is 18.1. The summed E-state index contributed by atoms with van der Waals surface area (Å²) in [5.74, 6) is -1.37. The van der Waals surface area contributed by atoms with Gasteiger partial charge in [0.2, 0.25) is 0 Å². The lowest BCUT2D eigenvalue weighted by Crippen LogP contribution is -2.42. The number of carbonyl (C=O) groups is 2. The smallest absolute Gasteiger partial charge is 0.294 e. The summed E-state index contributed by atoms with van der Waals surface area (Å²) in [6.07, 6.45) is 4.57. The number of imide groups is 1. The fourth-order valence-corrected chi connectivity index (χ4v) is 3.96. The van der Waals surface area contributed by atoms with Gasteiger partial charge in [-0.1, -0.05) is 19.4 Å². The molecular formula is C24H24FN4O3+. The molecule has 1 N–H and O–H groups in total. The number of pyridine rings is 1. The Morgan fingerprint density at radius 2 is 1.66 bits per heavy atom. The van der Waals surface area contributed by atoms with E-state index in [0.717, 1.165) is 0 Å². The van der Waals surface area contributed by atoms with Crippen LogP contribution in [0.15, 0.2) is 59.7 Å². The van der Waals surface area contributed by atoms with Crippen LogP contribution in [0.25, 0.3) is 17.0 Å². The molecule has 3 heterocycles. The molecule has 2 amide bonds. The molecule has 0 spiro atoms. The molecule has 3 aromatic rings. The predicted molar refractivity (Wildman–Crippen MR) is 117 cm³/mol. The van der Waals surface area contributed by atoms with E-state index in [2.05, 4.69) is 5.10 Å². The third-order valence-corrected chi connectivity index (χ3v) is 5.38. The van der Waals surface area contributed by atoms with Gasteiger partial charge in [-0.3, -0.25) is 24.4 Å². The quantitative estimate of drug-likeness (QED) is 0.478. The van der Waals surface area contributed by atoms with Crippen molar-refractivity contribution in [3.8, 4) is 5.69 Å². The number of hydrogen-bond acceptors (Lipinski definition) is 3. The zero-order valence-corrected chi connectivity index (χ0v) is 18.1. The first-order valence-corrected chi connectivity index (χ1v) is 10.5. The highest BCUT2D eigenvalue weighted by Crippen LogP contribution is 2.31. The molecule has 0 radical (unpaired) electrons. The number of nitrogens with one attached hydrogen (secondary N) is 1. The number of amides is 2. The van der Waals surface area contributed by atoms with Crippen molar-refractivity contribution < 1.29 is 18.5 Å². The molecule has 0 unspecified atom stereocenters. The van der Waals surface area contributed by atoms with Gasteiger partial charge in [0.15, 0.2) is 12.4 Å². The van der Waals surface area contributed by atoms with Gasteiger partial charge in [0.1, 0.15) is 11.4 Å². The molecule has 0 saturated heterocycles. The van der Waals surface area contributed by atoms with Crippen molar-refractivity contribution in [2.75, 3.05) is 0 Å². The molecule has 0 atom stereocenters. The number of hydrogen-bond donors (Lipinski definition) is 1. The predicted octanol–water partition coefficient (Wildman–Crippen LogP) is 2.69. The number of halogens is 1. The highest BCUT2D eigenvalue weighted by atomic mass is 19.1. The molecule has 4 rings (SSSR count). The van der Waals surface area contributed by atoms with E-state index < -0.39 is 23.2 Å². The molecule has 7 nitrogen and oxygen atoms in total. The second-order valence-corrected chi connectivity index (χ2v) is 7.91. The van der Waals surface area contributed by atoms with Crippen LogP contribution in [-0.2, 0) is 16.0 Å². The summed E-state index contributed by atoms with van der Waals surface area (Å²) in [5.41, 5.74) is 0.916. The number of H-pyrrole nitrogens is 1. The highest BCUT2D eigenvalue weighted by Gasteiger charge is 2.48. The standard InChI is InChI=1S/C24H23FN4O3/c1-4-8-18-19(23(31)29(26-18)17-11-9-16(25)10-12-17)20-21(27-13-6-5-7-14-27)24(32)28(15(2)3)22(20)30/h5-7,9-15H,4,8H2,1-3H3/p+1. The summed E-state index contributed by atoms with van der Waals surface area (Å²) in [5, 5.41) is 3.07. The van der Waals surface area contributed by atoms with Gasteiger partial charge < -0.3 is 0 Å². The van der Waals surface area contributed by atoms with E-state index in [-0.39, 0.29) is 22.9 Å². The maximum absolute atomic E-state index is 13.6. The Kier molecular flexibility index (Phi) is 5.61. The first kappa shape index (κ1) is 21.4. The van der Waals surface area contributed by atoms with Crippen molar-refractivity contribution in [2.45, 2.75) is 39.7 Å². The Morgan fingerprint density at radius 3 is 2.25 bits per heavy atom. The van der Waals surface area contributed by atoms with Gasteiger partial charge >= 0.3 is 5.91 Å². The monoisotopic (exact) mass is 435 g/mol. The van der Waals surface area contributed by atoms with Gasteiger partial charge in [0, 0.05) is 23.9 Å². The number of aromatic amines is 1. The van der Waals surface area contributed by atoms with Crippen LogP contribution < -0.4 is 10.1 Å². The van der Waals surface area contributed by atoms with E-state index in [4.69, 9.17) is 0 Å². The summed E-state index contributed by atoms with van der Waals surface area (Å²) in [7, 11) is 0. The van der Waals surface area contributed by atoms with Crippen molar-refractivity contribution >= 4 is 23.1 Å². The molecule has 8 heteroatoms. The Hall–Kier alpha value is -3.81. The van der Waals surface area contributed by atoms with Gasteiger partial charge in [0.25, 0.3) is 17.2 Å². The molecule has 32 heavy (non-hydrogen) atoms. The summed E-state index contributed by atoms with van der Waals surface area (Å²) >= 11 is 0. The normalized spacial score (nSPS) is 14.2. The van der Waals surface area contributed by atoms with Gasteiger partial charge in [0.05, 0.1) is 11.3 Å². The van der Waals surface area contributed by atoms with Crippen LogP contribution in [0, 0.1) is 5.82 Å². The largest absolute Gasteiger partial charge is 0.327 e. The lowest BCUT2D eigenvalue weighted by Gasteiger charge is -2.17. The van der Waals surface area contributed by atoms with E-state index in [1.807, 2.05) is 6.92 Å². The molecule has 1 aliphatic rings. The van der Waals surface area contributed by atoms with Crippen molar-refractivity contribution in [1.29, 1.82) is 0 Å². The third kappa shape index (κ3) is 3.47. The maximum Gasteiger partial charge on any atom is 0.327 e. The van der Waals surface area contributed by atoms with Crippen molar-refractivity contribution in [3.05, 3.63) is 82.3 Å². The lowest BCUT2D eigenvalue weighted by atomic mass is 10.0. The van der Waals surface area contributed by atoms with Crippen LogP contribution in [0.4, 0.5) is 4.39 Å². The van der Waals surface area contributed by atoms with Crippen LogP contribution in [0.5, 0.6) is 0 Å². The van der Waals surface area contributed by atoms with Crippen LogP contribution in [-0.4, -0.2) is 32.5 Å². The minimum absolute atomic E-state index is 0.0745. The fourth-order valence-electron chi connectivity index (χ4n) is 3.96. The molecule has 2 aromatic heterocycles. The molecule has 0 aliphatic carbocycles. The summed E-state index contributed by atoms with van der Waals surface area (Å²) in [6, 6.07) is 10.4. The van der Waals surface area contributed by atoms with Crippen molar-refractivity contribution in [1.82, 2.24) is 14.7 Å². The van der Waals surface area contributed by atoms with E-state index in [1.54, 1.807) is 49.0 Å². The molecule has 0 saturated carbocycles. The number of aromatic nitrogens is 3. The number of rotatable bonds is 6. The first-order valence-electron chi connectivity index (χ1n) is 10.5. The van der Waals surface area contributed by atoms with E-state index in [1.165, 1.54) is 33.8 Å². The summed E-state index contributed by atoms with van der Waals surface area (Å²) < 4.78 is 16.3.